The largest absolute Gasteiger partial charge is 0.463 e. The lowest BCUT2D eigenvalue weighted by Gasteiger charge is -2.25. The number of ether oxygens (including phenoxy) is 3. The molecule has 1 saturated heterocycles. The van der Waals surface area contributed by atoms with Gasteiger partial charge < -0.3 is 14.2 Å². The van der Waals surface area contributed by atoms with Crippen molar-refractivity contribution in [2.24, 2.45) is 0 Å². The zero-order valence-electron chi connectivity index (χ0n) is 13.8. The highest BCUT2D eigenvalue weighted by Gasteiger charge is 2.32. The predicted octanol–water partition coefficient (Wildman–Crippen LogP) is 2.61. The van der Waals surface area contributed by atoms with E-state index in [9.17, 15) is 14.4 Å². The van der Waals surface area contributed by atoms with Crippen molar-refractivity contribution in [3.8, 4) is 0 Å². The van der Waals surface area contributed by atoms with Crippen LogP contribution in [-0.2, 0) is 25.4 Å². The molecular weight excluding hydrogens is 336 g/mol. The summed E-state index contributed by atoms with van der Waals surface area (Å²) >= 11 is 0. The second-order valence-corrected chi connectivity index (χ2v) is 6.23. The Balaban J connectivity index is 1.57. The molecule has 0 N–H and O–H groups in total. The van der Waals surface area contributed by atoms with Gasteiger partial charge in [-0.1, -0.05) is 30.3 Å². The minimum Gasteiger partial charge on any atom is -0.463 e. The number of benzene rings is 2. The maximum absolute atomic E-state index is 12.3. The third kappa shape index (κ3) is 3.06. The number of fused-ring (bicyclic) bond motifs is 1. The summed E-state index contributed by atoms with van der Waals surface area (Å²) in [6, 6.07) is 14.1. The molecule has 26 heavy (non-hydrogen) atoms. The fourth-order valence-corrected chi connectivity index (χ4v) is 3.16. The average molecular weight is 352 g/mol. The first-order valence-corrected chi connectivity index (χ1v) is 8.38. The van der Waals surface area contributed by atoms with Crippen LogP contribution in [0.5, 0.6) is 0 Å². The maximum Gasteiger partial charge on any atom is 0.347 e. The van der Waals surface area contributed by atoms with E-state index in [0.717, 1.165) is 11.1 Å². The monoisotopic (exact) mass is 352 g/mol. The highest BCUT2D eigenvalue weighted by Crippen LogP contribution is 2.31. The Morgan fingerprint density at radius 1 is 1.08 bits per heavy atom. The molecule has 6 nitrogen and oxygen atoms in total. The predicted molar refractivity (Wildman–Crippen MR) is 89.5 cm³/mol. The minimum atomic E-state index is -0.861. The standard InChI is InChI=1S/C20H16O6/c21-18(25-16-8-9-24-20(16)23)13-6-7-15-14(10-13)11-17(26-19(15)22)12-4-2-1-3-5-12/h1-7,10,16-17H,8-9,11H2/t16-,17+/m0/s1. The number of rotatable bonds is 3. The fourth-order valence-electron chi connectivity index (χ4n) is 3.16. The Morgan fingerprint density at radius 3 is 2.62 bits per heavy atom. The van der Waals surface area contributed by atoms with Crippen molar-refractivity contribution in [2.45, 2.75) is 25.0 Å². The van der Waals surface area contributed by atoms with E-state index in [4.69, 9.17) is 14.2 Å². The van der Waals surface area contributed by atoms with Gasteiger partial charge in [0.05, 0.1) is 17.7 Å². The van der Waals surface area contributed by atoms with Crippen LogP contribution in [0, 0.1) is 0 Å². The van der Waals surface area contributed by atoms with E-state index in [0.29, 0.717) is 24.0 Å². The van der Waals surface area contributed by atoms with E-state index in [1.165, 1.54) is 6.07 Å². The van der Waals surface area contributed by atoms with Crippen molar-refractivity contribution in [1.82, 2.24) is 0 Å². The third-order valence-electron chi connectivity index (χ3n) is 4.52. The van der Waals surface area contributed by atoms with E-state index >= 15 is 0 Å². The quantitative estimate of drug-likeness (QED) is 0.624. The van der Waals surface area contributed by atoms with E-state index in [1.807, 2.05) is 30.3 Å². The van der Waals surface area contributed by atoms with Crippen LogP contribution in [0.4, 0.5) is 0 Å². The van der Waals surface area contributed by atoms with Gasteiger partial charge in [0.15, 0.2) is 0 Å². The van der Waals surface area contributed by atoms with Gasteiger partial charge in [0.2, 0.25) is 6.10 Å². The van der Waals surface area contributed by atoms with Crippen LogP contribution < -0.4 is 0 Å². The third-order valence-corrected chi connectivity index (χ3v) is 4.52. The average Bonchev–Trinajstić information content (AvgIpc) is 3.06. The van der Waals surface area contributed by atoms with Crippen LogP contribution >= 0.6 is 0 Å². The molecule has 0 spiro atoms. The van der Waals surface area contributed by atoms with Crippen molar-refractivity contribution < 1.29 is 28.6 Å². The molecule has 4 rings (SSSR count). The normalized spacial score (nSPS) is 21.5. The maximum atomic E-state index is 12.3. The van der Waals surface area contributed by atoms with Crippen molar-refractivity contribution in [2.75, 3.05) is 6.61 Å². The molecule has 0 radical (unpaired) electrons. The molecule has 6 heteroatoms. The van der Waals surface area contributed by atoms with Crippen molar-refractivity contribution in [1.29, 1.82) is 0 Å². The summed E-state index contributed by atoms with van der Waals surface area (Å²) in [6.45, 7) is 0.256. The topological polar surface area (TPSA) is 78.9 Å². The molecule has 0 aliphatic carbocycles. The molecule has 0 amide bonds. The lowest BCUT2D eigenvalue weighted by molar-refractivity contribution is -0.145. The Hall–Kier alpha value is -3.15. The highest BCUT2D eigenvalue weighted by molar-refractivity contribution is 5.96. The summed E-state index contributed by atoms with van der Waals surface area (Å²) in [6.07, 6.45) is -0.428. The first-order valence-electron chi connectivity index (χ1n) is 8.38. The highest BCUT2D eigenvalue weighted by atomic mass is 16.6. The van der Waals surface area contributed by atoms with Gasteiger partial charge in [-0.15, -0.1) is 0 Å². The molecule has 0 aromatic heterocycles. The van der Waals surface area contributed by atoms with Crippen LogP contribution in [-0.4, -0.2) is 30.6 Å². The SMILES string of the molecule is O=C(O[C@H]1CCOC1=O)c1ccc2c(c1)C[C@H](c1ccccc1)OC2=O. The number of carbonyl (C=O) groups excluding carboxylic acids is 3. The Labute approximate surface area is 149 Å². The van der Waals surface area contributed by atoms with Gasteiger partial charge in [0.1, 0.15) is 6.10 Å². The van der Waals surface area contributed by atoms with Gasteiger partial charge in [-0.3, -0.25) is 0 Å². The van der Waals surface area contributed by atoms with Gasteiger partial charge in [0, 0.05) is 12.8 Å². The lowest BCUT2D eigenvalue weighted by Crippen LogP contribution is -2.24. The molecule has 2 aliphatic heterocycles. The summed E-state index contributed by atoms with van der Waals surface area (Å²) in [5.41, 5.74) is 2.35. The summed E-state index contributed by atoms with van der Waals surface area (Å²) in [5.74, 6) is -1.55. The van der Waals surface area contributed by atoms with Crippen LogP contribution in [0.15, 0.2) is 48.5 Å². The first-order chi connectivity index (χ1) is 12.6. The van der Waals surface area contributed by atoms with Gasteiger partial charge in [-0.2, -0.15) is 0 Å². The van der Waals surface area contributed by atoms with Crippen LogP contribution in [0.25, 0.3) is 0 Å². The number of hydrogen-bond donors (Lipinski definition) is 0. The Kier molecular flexibility index (Phi) is 4.16. The van der Waals surface area contributed by atoms with Crippen molar-refractivity contribution >= 4 is 17.9 Å². The van der Waals surface area contributed by atoms with E-state index < -0.39 is 30.1 Å². The number of esters is 3. The van der Waals surface area contributed by atoms with Gasteiger partial charge in [-0.05, 0) is 29.3 Å². The van der Waals surface area contributed by atoms with Gasteiger partial charge >= 0.3 is 17.9 Å². The number of cyclic esters (lactones) is 2. The summed E-state index contributed by atoms with van der Waals surface area (Å²) in [7, 11) is 0. The van der Waals surface area contributed by atoms with E-state index in [1.54, 1.807) is 12.1 Å². The number of carbonyl (C=O) groups is 3. The fraction of sp³-hybridized carbons (Fsp3) is 0.250. The van der Waals surface area contributed by atoms with E-state index in [-0.39, 0.29) is 6.61 Å². The van der Waals surface area contributed by atoms with Gasteiger partial charge in [0.25, 0.3) is 0 Å². The van der Waals surface area contributed by atoms with Crippen LogP contribution in [0.1, 0.15) is 44.4 Å². The second kappa shape index (κ2) is 6.63. The minimum absolute atomic E-state index is 0.256. The van der Waals surface area contributed by atoms with Crippen LogP contribution in [0.2, 0.25) is 0 Å². The molecule has 0 saturated carbocycles. The zero-order chi connectivity index (χ0) is 18.1. The first kappa shape index (κ1) is 16.3. The molecule has 0 bridgehead atoms. The summed E-state index contributed by atoms with van der Waals surface area (Å²) in [5, 5.41) is 0. The second-order valence-electron chi connectivity index (χ2n) is 6.23. The Bertz CT molecular complexity index is 873. The molecule has 2 aromatic rings. The lowest BCUT2D eigenvalue weighted by atomic mass is 9.93. The van der Waals surface area contributed by atoms with Crippen LogP contribution in [0.3, 0.4) is 0 Å². The van der Waals surface area contributed by atoms with Crippen molar-refractivity contribution in [3.63, 3.8) is 0 Å². The number of hydrogen-bond acceptors (Lipinski definition) is 6. The van der Waals surface area contributed by atoms with Crippen molar-refractivity contribution in [3.05, 3.63) is 70.8 Å². The smallest absolute Gasteiger partial charge is 0.347 e. The summed E-state index contributed by atoms with van der Waals surface area (Å²) in [4.78, 5) is 36.0. The molecular formula is C20H16O6. The molecule has 2 heterocycles. The van der Waals surface area contributed by atoms with Gasteiger partial charge in [-0.25, -0.2) is 14.4 Å². The molecule has 2 aliphatic rings. The van der Waals surface area contributed by atoms with E-state index in [2.05, 4.69) is 0 Å². The molecule has 0 unspecified atom stereocenters. The molecule has 2 atom stereocenters. The zero-order valence-corrected chi connectivity index (χ0v) is 13.8. The Morgan fingerprint density at radius 2 is 1.88 bits per heavy atom. The molecule has 132 valence electrons. The summed E-state index contributed by atoms with van der Waals surface area (Å²) < 4.78 is 15.5. The molecule has 1 fully saturated rings. The molecule has 2 aromatic carbocycles.